The Bertz CT molecular complexity index is 2240. The zero-order valence-electron chi connectivity index (χ0n) is 29.1. The molecule has 0 bridgehead atoms. The van der Waals surface area contributed by atoms with Gasteiger partial charge in [0.2, 0.25) is 11.9 Å². The minimum absolute atomic E-state index is 0.0213. The summed E-state index contributed by atoms with van der Waals surface area (Å²) in [6.07, 6.45) is -3.26. The number of carbonyl (C=O) groups excluding carboxylic acids is 3. The van der Waals surface area contributed by atoms with E-state index >= 15 is 0 Å². The summed E-state index contributed by atoms with van der Waals surface area (Å²) in [5, 5.41) is 25.9. The number of carboxylic acids is 1. The van der Waals surface area contributed by atoms with E-state index in [1.54, 1.807) is 36.4 Å². The molecule has 2 aromatic heterocycles. The van der Waals surface area contributed by atoms with Gasteiger partial charge in [0.25, 0.3) is 5.91 Å². The second kappa shape index (κ2) is 16.6. The Kier molecular flexibility index (Phi) is 11.6. The Morgan fingerprint density at radius 1 is 0.893 bits per heavy atom. The fourth-order valence-corrected chi connectivity index (χ4v) is 5.98. The van der Waals surface area contributed by atoms with Gasteiger partial charge < -0.3 is 36.4 Å². The lowest BCUT2D eigenvalue weighted by Crippen LogP contribution is -2.50. The fourth-order valence-electron chi connectivity index (χ4n) is 5.23. The van der Waals surface area contributed by atoms with Crippen molar-refractivity contribution in [2.75, 3.05) is 29.1 Å². The monoisotopic (exact) mass is 809 g/mol. The number of anilines is 4. The molecule has 6 N–H and O–H groups in total. The quantitative estimate of drug-likeness (QED) is 0.0749. The van der Waals surface area contributed by atoms with Crippen LogP contribution in [-0.4, -0.2) is 74.1 Å². The van der Waals surface area contributed by atoms with E-state index in [-0.39, 0.29) is 17.5 Å². The highest BCUT2D eigenvalue weighted by Crippen LogP contribution is 2.48. The maximum atomic E-state index is 12.9. The Balaban J connectivity index is 1.05. The van der Waals surface area contributed by atoms with Gasteiger partial charge in [0.1, 0.15) is 6.04 Å². The van der Waals surface area contributed by atoms with Gasteiger partial charge >= 0.3 is 30.0 Å². The molecule has 290 valence electrons. The number of aromatic nitrogens is 4. The summed E-state index contributed by atoms with van der Waals surface area (Å²) in [6, 6.07) is 17.0. The number of ether oxygens (including phenoxy) is 1. The van der Waals surface area contributed by atoms with Crippen LogP contribution in [0.15, 0.2) is 78.2 Å². The van der Waals surface area contributed by atoms with E-state index < -0.39 is 60.6 Å². The van der Waals surface area contributed by atoms with Crippen LogP contribution in [0.25, 0.3) is 11.3 Å². The van der Waals surface area contributed by atoms with E-state index in [4.69, 9.17) is 16.3 Å². The molecule has 0 saturated heterocycles. The van der Waals surface area contributed by atoms with Crippen LogP contribution in [0.5, 0.6) is 6.01 Å². The number of nitrogens with one attached hydrogen (secondary N) is 5. The molecule has 6 rings (SSSR count). The second-order valence-corrected chi connectivity index (χ2v) is 13.9. The number of thiazole rings is 1. The maximum Gasteiger partial charge on any atom is 0.422 e. The van der Waals surface area contributed by atoms with Crippen molar-refractivity contribution in [1.82, 2.24) is 30.6 Å². The first-order valence-electron chi connectivity index (χ1n) is 16.7. The number of carboxylic acid groups (broad SMARTS) is 1. The molecule has 20 heteroatoms. The van der Waals surface area contributed by atoms with E-state index in [0.29, 0.717) is 29.2 Å². The predicted octanol–water partition coefficient (Wildman–Crippen LogP) is 5.68. The van der Waals surface area contributed by atoms with Crippen LogP contribution in [0.2, 0.25) is 5.02 Å². The summed E-state index contributed by atoms with van der Waals surface area (Å²) in [4.78, 5) is 66.4. The van der Waals surface area contributed by atoms with Gasteiger partial charge in [-0.3, -0.25) is 14.4 Å². The number of benzene rings is 3. The Hall–Kier alpha value is -6.34. The van der Waals surface area contributed by atoms with Crippen LogP contribution >= 0.6 is 22.9 Å². The van der Waals surface area contributed by atoms with Crippen molar-refractivity contribution in [2.24, 2.45) is 0 Å². The summed E-state index contributed by atoms with van der Waals surface area (Å²) in [5.41, 5.74) is 2.54. The van der Waals surface area contributed by atoms with Gasteiger partial charge in [-0.15, -0.1) is 11.3 Å². The van der Waals surface area contributed by atoms with Crippen LogP contribution < -0.4 is 31.3 Å². The first-order chi connectivity index (χ1) is 26.6. The van der Waals surface area contributed by atoms with Crippen LogP contribution in [0.4, 0.5) is 36.4 Å². The highest BCUT2D eigenvalue weighted by molar-refractivity contribution is 7.09. The number of nitrogens with zero attached hydrogens (tertiary/aromatic N) is 4. The molecular weight excluding hydrogens is 779 g/mol. The first kappa shape index (κ1) is 39.4. The van der Waals surface area contributed by atoms with Crippen LogP contribution in [0, 0.1) is 6.92 Å². The number of amides is 3. The first-order valence-corrected chi connectivity index (χ1v) is 17.9. The average molecular weight is 810 g/mol. The summed E-state index contributed by atoms with van der Waals surface area (Å²) in [5.74, 6) is -4.68. The average Bonchev–Trinajstić information content (AvgIpc) is 3.81. The number of halogens is 4. The lowest BCUT2D eigenvalue weighted by atomic mass is 10.1. The SMILES string of the molecule is Cc1nc(-c2ccc(NC(=O)C(=O)NC[C@H](NC(=O)c3ccc(Nc4nc(NC5(c6ccc(Cl)cc6)CC5)nc(OCC(F)(F)F)n4)cc3)C(=O)O)cc2)cs1. The lowest BCUT2D eigenvalue weighted by Gasteiger charge is -2.19. The maximum absolute atomic E-state index is 12.9. The van der Waals surface area contributed by atoms with Crippen molar-refractivity contribution >= 4 is 69.9 Å². The summed E-state index contributed by atoms with van der Waals surface area (Å²) >= 11 is 7.51. The third-order valence-corrected chi connectivity index (χ3v) is 9.24. The Labute approximate surface area is 325 Å². The molecule has 1 atom stereocenters. The van der Waals surface area contributed by atoms with Crippen molar-refractivity contribution in [3.8, 4) is 17.3 Å². The van der Waals surface area contributed by atoms with E-state index in [1.807, 2.05) is 24.4 Å². The molecule has 5 aromatic rings. The van der Waals surface area contributed by atoms with Crippen LogP contribution in [0.1, 0.15) is 33.8 Å². The molecule has 2 heterocycles. The molecular formula is C36H31ClF3N9O6S. The van der Waals surface area contributed by atoms with Gasteiger partial charge in [-0.25, -0.2) is 9.78 Å². The summed E-state index contributed by atoms with van der Waals surface area (Å²) in [6.45, 7) is -0.369. The molecule has 3 aromatic carbocycles. The highest BCUT2D eigenvalue weighted by Gasteiger charge is 2.45. The Morgan fingerprint density at radius 3 is 2.16 bits per heavy atom. The van der Waals surface area contributed by atoms with E-state index in [0.717, 1.165) is 21.8 Å². The number of hydrogen-bond donors (Lipinski definition) is 6. The van der Waals surface area contributed by atoms with E-state index in [9.17, 15) is 37.5 Å². The molecule has 1 fully saturated rings. The number of carbonyl (C=O) groups is 4. The highest BCUT2D eigenvalue weighted by atomic mass is 35.5. The van der Waals surface area contributed by atoms with Crippen molar-refractivity contribution < 1.29 is 42.2 Å². The smallest absolute Gasteiger partial charge is 0.422 e. The van der Waals surface area contributed by atoms with Crippen molar-refractivity contribution in [3.05, 3.63) is 99.3 Å². The van der Waals surface area contributed by atoms with Crippen LogP contribution in [0.3, 0.4) is 0 Å². The van der Waals surface area contributed by atoms with Gasteiger partial charge in [-0.1, -0.05) is 35.9 Å². The molecule has 0 aliphatic heterocycles. The normalized spacial score (nSPS) is 13.5. The topological polar surface area (TPSA) is 209 Å². The molecule has 0 spiro atoms. The van der Waals surface area contributed by atoms with Gasteiger partial charge in [-0.05, 0) is 73.9 Å². The number of aliphatic carboxylic acids is 1. The van der Waals surface area contributed by atoms with Gasteiger partial charge in [0.05, 0.1) is 16.2 Å². The number of aryl methyl sites for hydroxylation is 1. The number of alkyl halides is 3. The lowest BCUT2D eigenvalue weighted by molar-refractivity contribution is -0.154. The second-order valence-electron chi connectivity index (χ2n) is 12.4. The van der Waals surface area contributed by atoms with Gasteiger partial charge in [0, 0.05) is 39.4 Å². The van der Waals surface area contributed by atoms with Crippen molar-refractivity contribution in [1.29, 1.82) is 0 Å². The molecule has 1 saturated carbocycles. The zero-order valence-corrected chi connectivity index (χ0v) is 30.7. The Morgan fingerprint density at radius 2 is 1.55 bits per heavy atom. The number of rotatable bonds is 14. The molecule has 1 aliphatic carbocycles. The van der Waals surface area contributed by atoms with E-state index in [2.05, 4.69) is 46.5 Å². The summed E-state index contributed by atoms with van der Waals surface area (Å²) < 4.78 is 43.7. The number of hydrogen-bond acceptors (Lipinski definition) is 12. The largest absolute Gasteiger partial charge is 0.480 e. The fraction of sp³-hybridized carbons (Fsp3) is 0.222. The van der Waals surface area contributed by atoms with Crippen LogP contribution in [-0.2, 0) is 19.9 Å². The van der Waals surface area contributed by atoms with Gasteiger partial charge in [-0.2, -0.15) is 28.1 Å². The molecule has 0 unspecified atom stereocenters. The van der Waals surface area contributed by atoms with Crippen molar-refractivity contribution in [3.63, 3.8) is 0 Å². The molecule has 3 amide bonds. The molecule has 1 aliphatic rings. The minimum Gasteiger partial charge on any atom is -0.480 e. The molecule has 0 radical (unpaired) electrons. The third kappa shape index (κ3) is 10.4. The van der Waals surface area contributed by atoms with E-state index in [1.165, 1.54) is 35.6 Å². The third-order valence-electron chi connectivity index (χ3n) is 8.21. The van der Waals surface area contributed by atoms with Crippen molar-refractivity contribution in [2.45, 2.75) is 37.5 Å². The zero-order chi connectivity index (χ0) is 40.0. The predicted molar refractivity (Wildman–Crippen MR) is 200 cm³/mol. The summed E-state index contributed by atoms with van der Waals surface area (Å²) in [7, 11) is 0. The molecule has 15 nitrogen and oxygen atoms in total. The minimum atomic E-state index is -4.65. The van der Waals surface area contributed by atoms with Gasteiger partial charge in [0.15, 0.2) is 6.61 Å². The molecule has 56 heavy (non-hydrogen) atoms. The standard InChI is InChI=1S/C36H31ClF3N9O6S/c1-19-42-27(17-56-19)20-2-10-24(11-3-20)43-30(52)29(51)41-16-26(31(53)54)45-28(50)21-4-12-25(13-5-21)44-32-46-33(48-34(47-32)55-18-36(38,39)40)49-35(14-15-35)22-6-8-23(37)9-7-22/h2-13,17,26H,14-16,18H2,1H3,(H,41,51)(H,43,52)(H,45,50)(H,53,54)(H2,44,46,47,48,49)/t26-/m0/s1.